The maximum atomic E-state index is 13.0. The smallest absolute Gasteiger partial charge is 0.241 e. The Balaban J connectivity index is 1.20. The standard InChI is InChI=1S/C25H25Cl2N5O3/c26-17-8-9-20(21(27)12-17)24-29-22(35-30-24)15-31-10-2-4-16(14-31)25(34)28-18-5-1-6-19(13-18)32-11-3-7-23(32)33/h1,5-6,8-9,12-13,16H,2-4,7,10-11,14-15H2,(H,28,34). The number of benzene rings is 2. The summed E-state index contributed by atoms with van der Waals surface area (Å²) in [6.07, 6.45) is 3.14. The molecule has 0 spiro atoms. The minimum atomic E-state index is -0.158. The summed E-state index contributed by atoms with van der Waals surface area (Å²) in [7, 11) is 0. The van der Waals surface area contributed by atoms with Crippen LogP contribution in [0, 0.1) is 5.92 Å². The van der Waals surface area contributed by atoms with Gasteiger partial charge in [-0.1, -0.05) is 34.4 Å². The zero-order valence-corrected chi connectivity index (χ0v) is 20.6. The maximum Gasteiger partial charge on any atom is 0.241 e. The molecule has 3 heterocycles. The van der Waals surface area contributed by atoms with Crippen LogP contribution in [0.3, 0.4) is 0 Å². The summed E-state index contributed by atoms with van der Waals surface area (Å²) in [6, 6.07) is 12.6. The zero-order valence-electron chi connectivity index (χ0n) is 19.0. The molecule has 3 aromatic rings. The average Bonchev–Trinajstić information content (AvgIpc) is 3.48. The van der Waals surface area contributed by atoms with Crippen LogP contribution >= 0.6 is 23.2 Å². The van der Waals surface area contributed by atoms with Crippen LogP contribution in [0.25, 0.3) is 11.4 Å². The summed E-state index contributed by atoms with van der Waals surface area (Å²) in [5.41, 5.74) is 2.18. The molecule has 2 aliphatic heterocycles. The van der Waals surface area contributed by atoms with Gasteiger partial charge in [0.15, 0.2) is 0 Å². The number of hydrogen-bond acceptors (Lipinski definition) is 6. The predicted molar refractivity (Wildman–Crippen MR) is 134 cm³/mol. The minimum Gasteiger partial charge on any atom is -0.338 e. The van der Waals surface area contributed by atoms with Crippen molar-refractivity contribution in [2.45, 2.75) is 32.2 Å². The molecular weight excluding hydrogens is 489 g/mol. The number of amides is 2. The lowest BCUT2D eigenvalue weighted by Gasteiger charge is -2.31. The third-order valence-corrected chi connectivity index (χ3v) is 6.92. The Bertz CT molecular complexity index is 1250. The van der Waals surface area contributed by atoms with Gasteiger partial charge in [0.05, 0.1) is 17.5 Å². The highest BCUT2D eigenvalue weighted by Gasteiger charge is 2.28. The van der Waals surface area contributed by atoms with Gasteiger partial charge in [0.2, 0.25) is 23.5 Å². The van der Waals surface area contributed by atoms with E-state index in [9.17, 15) is 9.59 Å². The molecule has 2 aliphatic rings. The van der Waals surface area contributed by atoms with Gasteiger partial charge in [-0.15, -0.1) is 0 Å². The summed E-state index contributed by atoms with van der Waals surface area (Å²) in [6.45, 7) is 2.61. The second kappa shape index (κ2) is 10.4. The molecule has 35 heavy (non-hydrogen) atoms. The van der Waals surface area contributed by atoms with E-state index in [1.165, 1.54) is 0 Å². The Labute approximate surface area is 213 Å². The van der Waals surface area contributed by atoms with Crippen LogP contribution in [-0.2, 0) is 16.1 Å². The summed E-state index contributed by atoms with van der Waals surface area (Å²) in [5.74, 6) is 0.811. The van der Waals surface area contributed by atoms with Crippen molar-refractivity contribution < 1.29 is 14.1 Å². The highest BCUT2D eigenvalue weighted by atomic mass is 35.5. The molecule has 2 amide bonds. The van der Waals surface area contributed by atoms with Crippen LogP contribution in [0.1, 0.15) is 31.6 Å². The molecule has 2 fully saturated rings. The Morgan fingerprint density at radius 2 is 2.03 bits per heavy atom. The van der Waals surface area contributed by atoms with Gasteiger partial charge < -0.3 is 14.7 Å². The third kappa shape index (κ3) is 5.50. The first kappa shape index (κ1) is 23.8. The molecule has 10 heteroatoms. The fourth-order valence-corrected chi connectivity index (χ4v) is 5.11. The van der Waals surface area contributed by atoms with Crippen molar-refractivity contribution >= 4 is 46.4 Å². The van der Waals surface area contributed by atoms with Crippen LogP contribution in [0.4, 0.5) is 11.4 Å². The number of aromatic nitrogens is 2. The number of likely N-dealkylation sites (tertiary alicyclic amines) is 1. The molecule has 8 nitrogen and oxygen atoms in total. The van der Waals surface area contributed by atoms with Crippen molar-refractivity contribution in [3.05, 3.63) is 58.4 Å². The number of anilines is 2. The quantitative estimate of drug-likeness (QED) is 0.497. The molecule has 2 saturated heterocycles. The van der Waals surface area contributed by atoms with Crippen molar-refractivity contribution in [2.75, 3.05) is 29.9 Å². The zero-order chi connectivity index (χ0) is 24.4. The van der Waals surface area contributed by atoms with E-state index in [2.05, 4.69) is 20.4 Å². The van der Waals surface area contributed by atoms with Crippen LogP contribution < -0.4 is 10.2 Å². The number of carbonyl (C=O) groups excluding carboxylic acids is 2. The number of nitrogens with one attached hydrogen (secondary N) is 1. The van der Waals surface area contributed by atoms with Crippen molar-refractivity contribution in [1.82, 2.24) is 15.0 Å². The molecule has 1 N–H and O–H groups in total. The fourth-order valence-electron chi connectivity index (χ4n) is 4.62. The maximum absolute atomic E-state index is 13.0. The molecule has 2 aromatic carbocycles. The van der Waals surface area contributed by atoms with E-state index in [-0.39, 0.29) is 17.7 Å². The van der Waals surface area contributed by atoms with Gasteiger partial charge in [-0.3, -0.25) is 14.5 Å². The summed E-state index contributed by atoms with van der Waals surface area (Å²) in [4.78, 5) is 33.5. The lowest BCUT2D eigenvalue weighted by molar-refractivity contribution is -0.121. The highest BCUT2D eigenvalue weighted by molar-refractivity contribution is 6.36. The van der Waals surface area contributed by atoms with Crippen LogP contribution in [0.2, 0.25) is 10.0 Å². The van der Waals surface area contributed by atoms with E-state index in [4.69, 9.17) is 27.7 Å². The van der Waals surface area contributed by atoms with Crippen molar-refractivity contribution in [2.24, 2.45) is 5.92 Å². The molecule has 182 valence electrons. The van der Waals surface area contributed by atoms with Gasteiger partial charge in [0.25, 0.3) is 0 Å². The molecule has 5 rings (SSSR count). The van der Waals surface area contributed by atoms with Gasteiger partial charge in [-0.05, 0) is 62.2 Å². The first-order valence-electron chi connectivity index (χ1n) is 11.7. The Morgan fingerprint density at radius 1 is 1.14 bits per heavy atom. The van der Waals surface area contributed by atoms with Crippen LogP contribution in [-0.4, -0.2) is 46.5 Å². The van der Waals surface area contributed by atoms with E-state index in [0.29, 0.717) is 52.5 Å². The van der Waals surface area contributed by atoms with Crippen molar-refractivity contribution in [3.63, 3.8) is 0 Å². The van der Waals surface area contributed by atoms with E-state index in [0.717, 1.165) is 38.0 Å². The topological polar surface area (TPSA) is 91.6 Å². The van der Waals surface area contributed by atoms with Gasteiger partial charge in [0.1, 0.15) is 0 Å². The minimum absolute atomic E-state index is 0.0289. The normalized spacial score (nSPS) is 18.7. The molecule has 1 unspecified atom stereocenters. The average molecular weight is 514 g/mol. The molecule has 0 saturated carbocycles. The number of carbonyl (C=O) groups is 2. The Hall–Kier alpha value is -2.94. The van der Waals surface area contributed by atoms with Gasteiger partial charge in [-0.2, -0.15) is 4.98 Å². The number of rotatable bonds is 6. The predicted octanol–water partition coefficient (Wildman–Crippen LogP) is 5.02. The number of nitrogens with zero attached hydrogens (tertiary/aromatic N) is 4. The van der Waals surface area contributed by atoms with Crippen LogP contribution in [0.5, 0.6) is 0 Å². The van der Waals surface area contributed by atoms with Crippen molar-refractivity contribution in [3.8, 4) is 11.4 Å². The van der Waals surface area contributed by atoms with E-state index >= 15 is 0 Å². The number of halogens is 2. The summed E-state index contributed by atoms with van der Waals surface area (Å²) in [5, 5.41) is 8.08. The second-order valence-corrected chi connectivity index (χ2v) is 9.74. The number of hydrogen-bond donors (Lipinski definition) is 1. The van der Waals surface area contributed by atoms with Gasteiger partial charge >= 0.3 is 0 Å². The fraction of sp³-hybridized carbons (Fsp3) is 0.360. The monoisotopic (exact) mass is 513 g/mol. The lowest BCUT2D eigenvalue weighted by atomic mass is 9.97. The second-order valence-electron chi connectivity index (χ2n) is 8.90. The first-order valence-corrected chi connectivity index (χ1v) is 12.4. The molecule has 1 aromatic heterocycles. The van der Waals surface area contributed by atoms with Gasteiger partial charge in [0, 0.05) is 41.5 Å². The highest BCUT2D eigenvalue weighted by Crippen LogP contribution is 2.29. The lowest BCUT2D eigenvalue weighted by Crippen LogP contribution is -2.40. The molecule has 0 aliphatic carbocycles. The van der Waals surface area contributed by atoms with Gasteiger partial charge in [-0.25, -0.2) is 0 Å². The largest absolute Gasteiger partial charge is 0.338 e. The first-order chi connectivity index (χ1) is 17.0. The van der Waals surface area contributed by atoms with E-state index < -0.39 is 0 Å². The molecule has 1 atom stereocenters. The van der Waals surface area contributed by atoms with Crippen molar-refractivity contribution in [1.29, 1.82) is 0 Å². The molecule has 0 bridgehead atoms. The summed E-state index contributed by atoms with van der Waals surface area (Å²) >= 11 is 12.2. The van der Waals surface area contributed by atoms with E-state index in [1.807, 2.05) is 24.3 Å². The Morgan fingerprint density at radius 3 is 2.83 bits per heavy atom. The Kier molecular flexibility index (Phi) is 7.04. The van der Waals surface area contributed by atoms with Crippen LogP contribution in [0.15, 0.2) is 47.0 Å². The third-order valence-electron chi connectivity index (χ3n) is 6.37. The summed E-state index contributed by atoms with van der Waals surface area (Å²) < 4.78 is 5.44. The molecular formula is C25H25Cl2N5O3. The SMILES string of the molecule is O=C(Nc1cccc(N2CCCC2=O)c1)C1CCCN(Cc2nc(-c3ccc(Cl)cc3Cl)no2)C1. The molecule has 0 radical (unpaired) electrons. The number of piperidine rings is 1. The van der Waals surface area contributed by atoms with E-state index in [1.54, 1.807) is 23.1 Å².